The van der Waals surface area contributed by atoms with Gasteiger partial charge in [-0.2, -0.15) is 4.80 Å². The van der Waals surface area contributed by atoms with Crippen molar-refractivity contribution >= 4 is 0 Å². The second kappa shape index (κ2) is 6.51. The number of nitrogens with zero attached hydrogens (tertiary/aromatic N) is 4. The monoisotopic (exact) mass is 382 g/mol. The summed E-state index contributed by atoms with van der Waals surface area (Å²) in [4.78, 5) is 1.67. The Labute approximate surface area is 168 Å². The molecule has 0 saturated heterocycles. The van der Waals surface area contributed by atoms with Crippen LogP contribution in [-0.2, 0) is 6.54 Å². The van der Waals surface area contributed by atoms with E-state index in [9.17, 15) is 5.11 Å². The number of allylic oxidation sites excluding steroid dienone is 2. The fourth-order valence-electron chi connectivity index (χ4n) is 7.69. The molecule has 5 rings (SSSR count). The third kappa shape index (κ3) is 2.89. The maximum absolute atomic E-state index is 10.5. The van der Waals surface area contributed by atoms with E-state index < -0.39 is 5.60 Å². The topological polar surface area (TPSA) is 63.8 Å². The van der Waals surface area contributed by atoms with Crippen LogP contribution < -0.4 is 0 Å². The minimum atomic E-state index is -0.482. The first-order valence-corrected chi connectivity index (χ1v) is 11.2. The molecule has 28 heavy (non-hydrogen) atoms. The number of hydrogen-bond acceptors (Lipinski definition) is 4. The van der Waals surface area contributed by atoms with Crippen molar-refractivity contribution in [2.75, 3.05) is 0 Å². The lowest BCUT2D eigenvalue weighted by Crippen LogP contribution is -2.47. The molecule has 0 aliphatic heterocycles. The summed E-state index contributed by atoms with van der Waals surface area (Å²) in [5.74, 6) is 3.75. The molecule has 5 heteroatoms. The molecule has 1 N–H and O–H groups in total. The Kier molecular flexibility index (Phi) is 4.31. The van der Waals surface area contributed by atoms with Crippen molar-refractivity contribution in [3.8, 4) is 0 Å². The molecule has 1 aromatic heterocycles. The molecule has 1 aromatic rings. The highest BCUT2D eigenvalue weighted by Gasteiger charge is 2.56. The molecule has 3 saturated carbocycles. The van der Waals surface area contributed by atoms with Gasteiger partial charge in [0.2, 0.25) is 0 Å². The van der Waals surface area contributed by atoms with Gasteiger partial charge in [0.1, 0.15) is 0 Å². The van der Waals surface area contributed by atoms with Crippen LogP contribution in [0.15, 0.2) is 30.1 Å². The lowest BCUT2D eigenvalue weighted by Gasteiger charge is -2.54. The molecule has 152 valence electrons. The zero-order valence-electron chi connectivity index (χ0n) is 17.3. The molecular formula is C23H34N4O. The molecule has 0 amide bonds. The lowest BCUT2D eigenvalue weighted by molar-refractivity contribution is -0.0293. The molecule has 7 atom stereocenters. The summed E-state index contributed by atoms with van der Waals surface area (Å²) in [6.07, 6.45) is 13.5. The summed E-state index contributed by atoms with van der Waals surface area (Å²) in [5.41, 5.74) is 2.73. The largest absolute Gasteiger partial charge is 0.390 e. The molecule has 5 nitrogen and oxygen atoms in total. The number of tetrazole rings is 1. The molecule has 4 aliphatic rings. The van der Waals surface area contributed by atoms with E-state index >= 15 is 0 Å². The lowest BCUT2D eigenvalue weighted by atomic mass is 9.51. The van der Waals surface area contributed by atoms with Gasteiger partial charge in [0.05, 0.1) is 12.1 Å². The summed E-state index contributed by atoms with van der Waals surface area (Å²) in [6.45, 7) is 9.72. The summed E-state index contributed by atoms with van der Waals surface area (Å²) < 4.78 is 0. The Hall–Kier alpha value is -1.49. The van der Waals surface area contributed by atoms with Crippen molar-refractivity contribution in [3.05, 3.63) is 30.1 Å². The van der Waals surface area contributed by atoms with Gasteiger partial charge >= 0.3 is 0 Å². The van der Waals surface area contributed by atoms with Crippen molar-refractivity contribution in [2.24, 2.45) is 35.0 Å². The van der Waals surface area contributed by atoms with Crippen LogP contribution in [-0.4, -0.2) is 30.9 Å². The Bertz CT molecular complexity index is 783. The normalized spacial score (nSPS) is 45.0. The molecule has 4 aliphatic carbocycles. The minimum Gasteiger partial charge on any atom is -0.390 e. The number of hydrogen-bond donors (Lipinski definition) is 1. The van der Waals surface area contributed by atoms with E-state index in [0.29, 0.717) is 17.9 Å². The van der Waals surface area contributed by atoms with Crippen LogP contribution in [0.2, 0.25) is 0 Å². The second-order valence-corrected chi connectivity index (χ2v) is 10.6. The number of rotatable bonds is 3. The first-order chi connectivity index (χ1) is 13.4. The molecule has 0 aromatic carbocycles. The highest BCUT2D eigenvalue weighted by Crippen LogP contribution is 2.64. The average molecular weight is 383 g/mol. The van der Waals surface area contributed by atoms with Crippen LogP contribution in [0.5, 0.6) is 0 Å². The zero-order valence-corrected chi connectivity index (χ0v) is 17.3. The van der Waals surface area contributed by atoms with Gasteiger partial charge in [-0.25, -0.2) is 0 Å². The molecule has 0 bridgehead atoms. The summed E-state index contributed by atoms with van der Waals surface area (Å²) in [6, 6.07) is 0. The van der Waals surface area contributed by atoms with Gasteiger partial charge in [0.25, 0.3) is 0 Å². The summed E-state index contributed by atoms with van der Waals surface area (Å²) >= 11 is 0. The van der Waals surface area contributed by atoms with Crippen LogP contribution in [0.3, 0.4) is 0 Å². The summed E-state index contributed by atoms with van der Waals surface area (Å²) in [5, 5.41) is 22.6. The first kappa shape index (κ1) is 18.5. The highest BCUT2D eigenvalue weighted by molar-refractivity contribution is 5.23. The van der Waals surface area contributed by atoms with Crippen LogP contribution in [0.1, 0.15) is 65.2 Å². The van der Waals surface area contributed by atoms with Crippen LogP contribution >= 0.6 is 0 Å². The van der Waals surface area contributed by atoms with Crippen molar-refractivity contribution in [2.45, 2.75) is 77.4 Å². The predicted molar refractivity (Wildman–Crippen MR) is 108 cm³/mol. The Morgan fingerprint density at radius 2 is 2.07 bits per heavy atom. The molecule has 0 spiro atoms. The number of aromatic nitrogens is 4. The van der Waals surface area contributed by atoms with Crippen molar-refractivity contribution in [3.63, 3.8) is 0 Å². The minimum absolute atomic E-state index is 0.365. The molecule has 0 unspecified atom stereocenters. The fourth-order valence-corrected chi connectivity index (χ4v) is 7.69. The maximum Gasteiger partial charge on any atom is 0.162 e. The smallest absolute Gasteiger partial charge is 0.162 e. The van der Waals surface area contributed by atoms with Gasteiger partial charge in [-0.15, -0.1) is 10.2 Å². The molecule has 0 radical (unpaired) electrons. The first-order valence-electron chi connectivity index (χ1n) is 11.2. The Balaban J connectivity index is 1.35. The van der Waals surface area contributed by atoms with Crippen LogP contribution in [0.25, 0.3) is 0 Å². The van der Waals surface area contributed by atoms with E-state index in [1.807, 2.05) is 6.92 Å². The predicted octanol–water partition coefficient (Wildman–Crippen LogP) is 4.17. The summed E-state index contributed by atoms with van der Waals surface area (Å²) in [7, 11) is 0. The van der Waals surface area contributed by atoms with E-state index in [1.165, 1.54) is 50.4 Å². The SMILES string of the molecule is C=C(Cn1ncnn1)[C@H]1CC[C@H]2[C@@H]3CC=C4C[C@@](C)(O)CC[C@@H]4[C@H]3CC[C@]12C. The van der Waals surface area contributed by atoms with Gasteiger partial charge in [0, 0.05) is 0 Å². The van der Waals surface area contributed by atoms with Crippen molar-refractivity contribution < 1.29 is 5.11 Å². The van der Waals surface area contributed by atoms with E-state index in [-0.39, 0.29) is 0 Å². The van der Waals surface area contributed by atoms with Gasteiger partial charge in [-0.1, -0.05) is 30.7 Å². The second-order valence-electron chi connectivity index (χ2n) is 10.6. The third-order valence-corrected chi connectivity index (χ3v) is 8.95. The van der Waals surface area contributed by atoms with E-state index in [4.69, 9.17) is 0 Å². The van der Waals surface area contributed by atoms with E-state index in [0.717, 1.165) is 36.5 Å². The number of aliphatic hydroxyl groups is 1. The average Bonchev–Trinajstić information content (AvgIpc) is 3.27. The van der Waals surface area contributed by atoms with Crippen LogP contribution in [0.4, 0.5) is 0 Å². The highest BCUT2D eigenvalue weighted by atomic mass is 16.3. The van der Waals surface area contributed by atoms with Crippen LogP contribution in [0, 0.1) is 35.0 Å². The number of fused-ring (bicyclic) bond motifs is 5. The zero-order chi connectivity index (χ0) is 19.5. The van der Waals surface area contributed by atoms with Gasteiger partial charge in [0.15, 0.2) is 6.33 Å². The van der Waals surface area contributed by atoms with Gasteiger partial charge in [-0.3, -0.25) is 0 Å². The fraction of sp³-hybridized carbons (Fsp3) is 0.783. The van der Waals surface area contributed by atoms with E-state index in [1.54, 1.807) is 10.4 Å². The van der Waals surface area contributed by atoms with Crippen molar-refractivity contribution in [1.29, 1.82) is 0 Å². The standard InChI is InChI=1S/C23H34N4O/c1-15(13-27-25-14-24-26-27)20-6-7-21-19-5-4-16-12-22(2,28)10-8-17(16)18(19)9-11-23(20,21)3/h4,14,17-21,28H,1,5-13H2,2-3H3/t17-,18+,19+,20+,21-,22-,23+/m0/s1. The molecular weight excluding hydrogens is 348 g/mol. The third-order valence-electron chi connectivity index (χ3n) is 8.95. The molecule has 3 fully saturated rings. The van der Waals surface area contributed by atoms with Gasteiger partial charge in [-0.05, 0) is 98.5 Å². The Morgan fingerprint density at radius 1 is 1.21 bits per heavy atom. The maximum atomic E-state index is 10.5. The Morgan fingerprint density at radius 3 is 2.86 bits per heavy atom. The van der Waals surface area contributed by atoms with E-state index in [2.05, 4.69) is 35.0 Å². The van der Waals surface area contributed by atoms with Gasteiger partial charge < -0.3 is 5.11 Å². The van der Waals surface area contributed by atoms with Crippen molar-refractivity contribution in [1.82, 2.24) is 20.2 Å². The molecule has 1 heterocycles. The quantitative estimate of drug-likeness (QED) is 0.797.